The van der Waals surface area contributed by atoms with E-state index in [0.717, 1.165) is 38.4 Å². The third kappa shape index (κ3) is 5.72. The first-order valence-electron chi connectivity index (χ1n) is 11.9. The van der Waals surface area contributed by atoms with Gasteiger partial charge in [-0.25, -0.2) is 10.4 Å². The second-order valence-electron chi connectivity index (χ2n) is 8.50. The molecule has 1 aromatic heterocycles. The predicted molar refractivity (Wildman–Crippen MR) is 155 cm³/mol. The van der Waals surface area contributed by atoms with Crippen LogP contribution in [0.3, 0.4) is 0 Å². The lowest BCUT2D eigenvalue weighted by molar-refractivity contribution is 0.0955. The van der Waals surface area contributed by atoms with Crippen molar-refractivity contribution in [2.75, 3.05) is 11.9 Å². The maximum absolute atomic E-state index is 12.7. The number of carbonyl (C=O) groups is 1. The van der Waals surface area contributed by atoms with E-state index >= 15 is 0 Å². The van der Waals surface area contributed by atoms with Crippen molar-refractivity contribution in [3.63, 3.8) is 0 Å². The predicted octanol–water partition coefficient (Wildman–Crippen LogP) is 6.79. The Labute approximate surface area is 225 Å². The van der Waals surface area contributed by atoms with E-state index in [1.165, 1.54) is 16.9 Å². The summed E-state index contributed by atoms with van der Waals surface area (Å²) in [7, 11) is 0. The minimum Gasteiger partial charge on any atom is -0.480 e. The number of hydrogen-bond donors (Lipinski definition) is 2. The van der Waals surface area contributed by atoms with Gasteiger partial charge in [0.2, 0.25) is 0 Å². The second-order valence-corrected chi connectivity index (χ2v) is 9.35. The SMILES string of the molecule is C#CCOc1ccc2ccccc2c1/C=N\NC(=O)c1ccc(-c2csc(Nc3ccc(C)cc3)n2)cc1. The highest BCUT2D eigenvalue weighted by Gasteiger charge is 2.10. The molecule has 186 valence electrons. The quantitative estimate of drug-likeness (QED) is 0.135. The van der Waals surface area contributed by atoms with Crippen molar-refractivity contribution in [3.05, 3.63) is 107 Å². The Morgan fingerprint density at radius 3 is 2.63 bits per heavy atom. The summed E-state index contributed by atoms with van der Waals surface area (Å²) in [5, 5.41) is 12.3. The second kappa shape index (κ2) is 11.4. The minimum atomic E-state index is -0.320. The van der Waals surface area contributed by atoms with Crippen LogP contribution in [0.5, 0.6) is 5.75 Å². The van der Waals surface area contributed by atoms with Crippen molar-refractivity contribution in [2.24, 2.45) is 5.10 Å². The van der Waals surface area contributed by atoms with Gasteiger partial charge in [-0.1, -0.05) is 66.1 Å². The molecular weight excluding hydrogens is 492 g/mol. The maximum atomic E-state index is 12.7. The normalized spacial score (nSPS) is 10.8. The summed E-state index contributed by atoms with van der Waals surface area (Å²) in [6.45, 7) is 2.19. The number of amides is 1. The van der Waals surface area contributed by atoms with Crippen LogP contribution < -0.4 is 15.5 Å². The number of ether oxygens (including phenoxy) is 1. The number of hydrazone groups is 1. The molecule has 0 saturated carbocycles. The monoisotopic (exact) mass is 516 g/mol. The first kappa shape index (κ1) is 24.8. The molecule has 5 rings (SSSR count). The molecule has 0 radical (unpaired) electrons. The van der Waals surface area contributed by atoms with Crippen LogP contribution >= 0.6 is 11.3 Å². The zero-order chi connectivity index (χ0) is 26.3. The van der Waals surface area contributed by atoms with Crippen LogP contribution in [-0.2, 0) is 0 Å². The van der Waals surface area contributed by atoms with Gasteiger partial charge in [0.1, 0.15) is 12.4 Å². The highest BCUT2D eigenvalue weighted by atomic mass is 32.1. The lowest BCUT2D eigenvalue weighted by Crippen LogP contribution is -2.17. The van der Waals surface area contributed by atoms with Crippen LogP contribution in [0.1, 0.15) is 21.5 Å². The fourth-order valence-electron chi connectivity index (χ4n) is 3.89. The summed E-state index contributed by atoms with van der Waals surface area (Å²) < 4.78 is 5.68. The molecule has 0 saturated heterocycles. The van der Waals surface area contributed by atoms with E-state index in [9.17, 15) is 4.79 Å². The van der Waals surface area contributed by atoms with Crippen LogP contribution in [0.25, 0.3) is 22.0 Å². The summed E-state index contributed by atoms with van der Waals surface area (Å²) in [5.41, 5.74) is 7.78. The van der Waals surface area contributed by atoms with E-state index in [0.29, 0.717) is 11.3 Å². The van der Waals surface area contributed by atoms with Crippen molar-refractivity contribution in [1.29, 1.82) is 0 Å². The van der Waals surface area contributed by atoms with Crippen LogP contribution in [0.4, 0.5) is 10.8 Å². The van der Waals surface area contributed by atoms with E-state index < -0.39 is 0 Å². The average molecular weight is 517 g/mol. The van der Waals surface area contributed by atoms with Gasteiger partial charge in [0.25, 0.3) is 5.91 Å². The highest BCUT2D eigenvalue weighted by Crippen LogP contribution is 2.28. The van der Waals surface area contributed by atoms with Crippen molar-refractivity contribution >= 4 is 45.0 Å². The average Bonchev–Trinajstić information content (AvgIpc) is 3.42. The number of aryl methyl sites for hydroxylation is 1. The molecule has 6 nitrogen and oxygen atoms in total. The number of rotatable bonds is 8. The molecule has 1 amide bonds. The zero-order valence-electron chi connectivity index (χ0n) is 20.6. The van der Waals surface area contributed by atoms with Crippen LogP contribution in [0.15, 0.2) is 95.4 Å². The number of nitrogens with one attached hydrogen (secondary N) is 2. The van der Waals surface area contributed by atoms with Crippen molar-refractivity contribution in [1.82, 2.24) is 10.4 Å². The molecule has 0 bridgehead atoms. The minimum absolute atomic E-state index is 0.139. The number of thiazole rings is 1. The molecule has 4 aromatic carbocycles. The Balaban J connectivity index is 1.26. The Morgan fingerprint density at radius 2 is 1.84 bits per heavy atom. The summed E-state index contributed by atoms with van der Waals surface area (Å²) in [6, 6.07) is 27.1. The summed E-state index contributed by atoms with van der Waals surface area (Å²) in [5.74, 6) is 2.75. The third-order valence-electron chi connectivity index (χ3n) is 5.85. The van der Waals surface area contributed by atoms with E-state index in [4.69, 9.17) is 11.2 Å². The maximum Gasteiger partial charge on any atom is 0.271 e. The molecule has 7 heteroatoms. The lowest BCUT2D eigenvalue weighted by atomic mass is 10.0. The van der Waals surface area contributed by atoms with Gasteiger partial charge in [-0.15, -0.1) is 17.8 Å². The van der Waals surface area contributed by atoms with E-state index in [1.54, 1.807) is 18.3 Å². The number of benzene rings is 4. The topological polar surface area (TPSA) is 75.6 Å². The Kier molecular flexibility index (Phi) is 7.44. The number of carbonyl (C=O) groups excluding carboxylic acids is 1. The molecule has 1 heterocycles. The van der Waals surface area contributed by atoms with Gasteiger partial charge in [0, 0.05) is 27.8 Å². The lowest BCUT2D eigenvalue weighted by Gasteiger charge is -2.10. The number of aromatic nitrogens is 1. The molecule has 0 unspecified atom stereocenters. The van der Waals surface area contributed by atoms with Crippen molar-refractivity contribution in [2.45, 2.75) is 6.92 Å². The van der Waals surface area contributed by atoms with E-state index in [2.05, 4.69) is 45.8 Å². The molecule has 5 aromatic rings. The fourth-order valence-corrected chi connectivity index (χ4v) is 4.63. The van der Waals surface area contributed by atoms with E-state index in [-0.39, 0.29) is 12.5 Å². The van der Waals surface area contributed by atoms with Crippen LogP contribution in [-0.4, -0.2) is 23.7 Å². The van der Waals surface area contributed by atoms with Gasteiger partial charge < -0.3 is 10.1 Å². The standard InChI is InChI=1S/C31H24N4O2S/c1-3-18-37-29-17-14-22-6-4-5-7-26(22)27(29)19-32-35-30(36)24-12-10-23(11-13-24)28-20-38-31(34-28)33-25-15-8-21(2)9-16-25/h1,4-17,19-20H,18H2,2H3,(H,33,34)(H,35,36)/b32-19-. The molecule has 0 aliphatic carbocycles. The van der Waals surface area contributed by atoms with Gasteiger partial charge >= 0.3 is 0 Å². The summed E-state index contributed by atoms with van der Waals surface area (Å²) >= 11 is 1.53. The molecule has 2 N–H and O–H groups in total. The Morgan fingerprint density at radius 1 is 1.05 bits per heavy atom. The molecular formula is C31H24N4O2S. The number of terminal acetylenes is 1. The Hall–Kier alpha value is -4.93. The third-order valence-corrected chi connectivity index (χ3v) is 6.61. The van der Waals surface area contributed by atoms with E-state index in [1.807, 2.05) is 66.0 Å². The van der Waals surface area contributed by atoms with Gasteiger partial charge in [0.15, 0.2) is 5.13 Å². The van der Waals surface area contributed by atoms with Crippen molar-refractivity contribution in [3.8, 4) is 29.4 Å². The van der Waals surface area contributed by atoms with Gasteiger partial charge in [-0.3, -0.25) is 4.79 Å². The fraction of sp³-hybridized carbons (Fsp3) is 0.0645. The molecule has 0 fully saturated rings. The number of anilines is 2. The summed E-state index contributed by atoms with van der Waals surface area (Å²) in [6.07, 6.45) is 6.94. The number of nitrogens with zero attached hydrogens (tertiary/aromatic N) is 2. The zero-order valence-corrected chi connectivity index (χ0v) is 21.5. The number of fused-ring (bicyclic) bond motifs is 1. The van der Waals surface area contributed by atoms with Gasteiger partial charge in [0.05, 0.1) is 11.9 Å². The molecule has 0 aliphatic heterocycles. The molecule has 0 spiro atoms. The van der Waals surface area contributed by atoms with Gasteiger partial charge in [-0.2, -0.15) is 5.10 Å². The Bertz CT molecular complexity index is 1650. The number of hydrogen-bond acceptors (Lipinski definition) is 6. The van der Waals surface area contributed by atoms with Crippen LogP contribution in [0.2, 0.25) is 0 Å². The smallest absolute Gasteiger partial charge is 0.271 e. The largest absolute Gasteiger partial charge is 0.480 e. The van der Waals surface area contributed by atoms with Crippen molar-refractivity contribution < 1.29 is 9.53 Å². The summed E-state index contributed by atoms with van der Waals surface area (Å²) in [4.78, 5) is 17.4. The van der Waals surface area contributed by atoms with Gasteiger partial charge in [-0.05, 0) is 48.0 Å². The molecule has 38 heavy (non-hydrogen) atoms. The van der Waals surface area contributed by atoms with Crippen LogP contribution in [0, 0.1) is 19.3 Å². The molecule has 0 atom stereocenters. The first-order valence-corrected chi connectivity index (χ1v) is 12.8. The first-order chi connectivity index (χ1) is 18.6. The molecule has 0 aliphatic rings. The highest BCUT2D eigenvalue weighted by molar-refractivity contribution is 7.14.